The molecule has 6 atom stereocenters. The largest absolute Gasteiger partial charge is 0.493 e. The molecule has 3 aromatic carbocycles. The average molecular weight is 984 g/mol. The van der Waals surface area contributed by atoms with Gasteiger partial charge in [-0.25, -0.2) is 4.79 Å². The van der Waals surface area contributed by atoms with Crippen LogP contribution in [0.2, 0.25) is 0 Å². The van der Waals surface area contributed by atoms with Gasteiger partial charge in [0, 0.05) is 60.9 Å². The van der Waals surface area contributed by atoms with E-state index < -0.39 is 28.8 Å². The summed E-state index contributed by atoms with van der Waals surface area (Å²) in [6.45, 7) is 7.44. The number of carbonyl (C=O) groups excluding carboxylic acids is 1. The standard InChI is InChI=1S/C56H77N3O10S/c1-4-6-7-8-9-10-11-12-13-21-35-66-55(62)58(3)52-40-50(57-68-41-42-26-28-44(29-27-42)59(63)64)48-38-43(22-17-19-32-60)47(25-18-20-33-61)53-49-39-45(65-36-37-70-46-23-15-14-16-24-46)30-31-51(49)69-56(52,54(48)53)67-34-5-2/h5,14-16,23-24,26-31,38-39,43,47,52-54,60-61H,2,4,6-13,17-22,25,32-37,40-41H2,1,3H3/t43-,47+,52-,53+,54+,56+/m0/s1. The van der Waals surface area contributed by atoms with Crippen LogP contribution in [0.3, 0.4) is 0 Å². The molecule has 1 saturated carbocycles. The summed E-state index contributed by atoms with van der Waals surface area (Å²) in [5, 5.41) is 36.2. The molecule has 0 radical (unpaired) electrons. The zero-order valence-corrected chi connectivity index (χ0v) is 42.4. The molecular weight excluding hydrogens is 907 g/mol. The summed E-state index contributed by atoms with van der Waals surface area (Å²) in [5.74, 6) is 0.101. The fraction of sp³-hybridized carbons (Fsp3) is 0.571. The summed E-state index contributed by atoms with van der Waals surface area (Å²) in [6.07, 6.45) is 20.0. The third kappa shape index (κ3) is 14.8. The molecule has 14 heteroatoms. The molecule has 0 bridgehead atoms. The number of amides is 1. The maximum Gasteiger partial charge on any atom is 0.409 e. The summed E-state index contributed by atoms with van der Waals surface area (Å²) in [4.78, 5) is 34.2. The summed E-state index contributed by atoms with van der Waals surface area (Å²) in [5.41, 5.74) is 3.23. The number of aliphatic hydroxyl groups is 2. The number of thioether (sulfide) groups is 1. The SMILES string of the molecule is C=CCO[C@@]12Oc3ccc(OCCSc4ccccc4)cc3[C@H]3[C@H](CCCCO)[C@@H](CCCCO)C=C(C(=NOCc4ccc([N+](=O)[O-])cc4)C[C@@H]1N(C)C(=O)OCCCCCCCCCCCC)[C@H]32. The zero-order chi connectivity index (χ0) is 49.6. The molecule has 1 amide bonds. The number of likely N-dealkylation sites (N-methyl/N-ethyl adjacent to an activating group) is 1. The number of hydrogen-bond acceptors (Lipinski definition) is 12. The predicted molar refractivity (Wildman–Crippen MR) is 276 cm³/mol. The van der Waals surface area contributed by atoms with Crippen molar-refractivity contribution in [1.82, 2.24) is 4.90 Å². The highest BCUT2D eigenvalue weighted by Gasteiger charge is 2.65. The van der Waals surface area contributed by atoms with Crippen molar-refractivity contribution in [2.45, 2.75) is 145 Å². The summed E-state index contributed by atoms with van der Waals surface area (Å²) < 4.78 is 26.8. The van der Waals surface area contributed by atoms with Crippen molar-refractivity contribution in [3.05, 3.63) is 118 Å². The number of fused-ring (bicyclic) bond motifs is 2. The van der Waals surface area contributed by atoms with E-state index in [1.807, 2.05) is 30.3 Å². The Morgan fingerprint density at radius 1 is 0.914 bits per heavy atom. The number of rotatable bonds is 32. The van der Waals surface area contributed by atoms with Crippen molar-refractivity contribution in [2.24, 2.45) is 22.9 Å². The maximum absolute atomic E-state index is 14.3. The third-order valence-electron chi connectivity index (χ3n) is 14.0. The fourth-order valence-electron chi connectivity index (χ4n) is 10.5. The van der Waals surface area contributed by atoms with Crippen molar-refractivity contribution in [2.75, 3.05) is 45.8 Å². The number of allylic oxidation sites excluding steroid dienone is 1. The van der Waals surface area contributed by atoms with Gasteiger partial charge in [-0.2, -0.15) is 0 Å². The lowest BCUT2D eigenvalue weighted by molar-refractivity contribution is -0.384. The van der Waals surface area contributed by atoms with Crippen LogP contribution in [0.15, 0.2) is 107 Å². The van der Waals surface area contributed by atoms with E-state index in [-0.39, 0.29) is 56.3 Å². The van der Waals surface area contributed by atoms with Gasteiger partial charge in [-0.05, 0) is 97.5 Å². The van der Waals surface area contributed by atoms with Gasteiger partial charge in [0.05, 0.1) is 36.4 Å². The summed E-state index contributed by atoms with van der Waals surface area (Å²) in [6, 6.07) is 21.7. The number of oxime groups is 1. The Hall–Kier alpha value is -4.89. The topological polar surface area (TPSA) is 162 Å². The smallest absolute Gasteiger partial charge is 0.409 e. The van der Waals surface area contributed by atoms with Crippen LogP contribution < -0.4 is 9.47 Å². The Balaban J connectivity index is 1.36. The quantitative estimate of drug-likeness (QED) is 0.0201. The normalized spacial score (nSPS) is 21.7. The Bertz CT molecular complexity index is 2140. The molecule has 1 fully saturated rings. The highest BCUT2D eigenvalue weighted by molar-refractivity contribution is 7.99. The molecule has 6 rings (SSSR count). The van der Waals surface area contributed by atoms with E-state index in [0.717, 1.165) is 67.6 Å². The van der Waals surface area contributed by atoms with Crippen LogP contribution in [0.4, 0.5) is 10.5 Å². The Morgan fingerprint density at radius 2 is 1.61 bits per heavy atom. The van der Waals surface area contributed by atoms with Crippen molar-refractivity contribution in [3.63, 3.8) is 0 Å². The third-order valence-corrected chi connectivity index (χ3v) is 15.0. The van der Waals surface area contributed by atoms with E-state index >= 15 is 0 Å². The highest BCUT2D eigenvalue weighted by atomic mass is 32.2. The second-order valence-electron chi connectivity index (χ2n) is 18.9. The number of benzene rings is 3. The van der Waals surface area contributed by atoms with Crippen molar-refractivity contribution >= 4 is 29.3 Å². The van der Waals surface area contributed by atoms with Crippen LogP contribution >= 0.6 is 11.8 Å². The maximum atomic E-state index is 14.3. The molecule has 0 saturated heterocycles. The molecule has 0 spiro atoms. The van der Waals surface area contributed by atoms with E-state index in [9.17, 15) is 25.1 Å². The van der Waals surface area contributed by atoms with Gasteiger partial charge in [0.15, 0.2) is 0 Å². The lowest BCUT2D eigenvalue weighted by atomic mass is 9.55. The Kier molecular flexibility index (Phi) is 22.4. The molecule has 70 heavy (non-hydrogen) atoms. The minimum absolute atomic E-state index is 0.0134. The molecule has 3 aliphatic rings. The second kappa shape index (κ2) is 28.8. The van der Waals surface area contributed by atoms with E-state index in [0.29, 0.717) is 43.1 Å². The zero-order valence-electron chi connectivity index (χ0n) is 41.6. The van der Waals surface area contributed by atoms with Gasteiger partial charge in [0.25, 0.3) is 5.69 Å². The van der Waals surface area contributed by atoms with Crippen LogP contribution in [0.5, 0.6) is 11.5 Å². The molecule has 13 nitrogen and oxygen atoms in total. The molecule has 3 aromatic rings. The fourth-order valence-corrected chi connectivity index (χ4v) is 11.3. The number of carbonyl (C=O) groups is 1. The van der Waals surface area contributed by atoms with Gasteiger partial charge in [-0.3, -0.25) is 10.1 Å². The number of unbranched alkanes of at least 4 members (excludes halogenated alkanes) is 11. The van der Waals surface area contributed by atoms with E-state index in [1.165, 1.54) is 62.0 Å². The predicted octanol–water partition coefficient (Wildman–Crippen LogP) is 12.6. The van der Waals surface area contributed by atoms with Crippen LogP contribution in [-0.2, 0) is 20.9 Å². The van der Waals surface area contributed by atoms with Gasteiger partial charge < -0.3 is 38.9 Å². The minimum Gasteiger partial charge on any atom is -0.493 e. The minimum atomic E-state index is -1.42. The molecule has 2 N–H and O–H groups in total. The number of non-ortho nitro benzene ring substituents is 1. The van der Waals surface area contributed by atoms with Crippen molar-refractivity contribution in [3.8, 4) is 11.5 Å². The Morgan fingerprint density at radius 3 is 2.30 bits per heavy atom. The first-order valence-corrected chi connectivity index (χ1v) is 26.9. The van der Waals surface area contributed by atoms with Crippen LogP contribution in [0.1, 0.15) is 133 Å². The summed E-state index contributed by atoms with van der Waals surface area (Å²) >= 11 is 1.74. The first kappa shape index (κ1) is 54.4. The first-order chi connectivity index (χ1) is 34.2. The lowest BCUT2D eigenvalue weighted by Gasteiger charge is -2.59. The molecule has 1 heterocycles. The van der Waals surface area contributed by atoms with Gasteiger partial charge >= 0.3 is 6.09 Å². The number of nitro benzene ring substituents is 1. The average Bonchev–Trinajstić information content (AvgIpc) is 3.37. The van der Waals surface area contributed by atoms with Crippen molar-refractivity contribution in [1.29, 1.82) is 0 Å². The van der Waals surface area contributed by atoms with Crippen molar-refractivity contribution < 1.29 is 43.7 Å². The highest BCUT2D eigenvalue weighted by Crippen LogP contribution is 2.62. The van der Waals surface area contributed by atoms with Crippen LogP contribution in [0, 0.1) is 27.9 Å². The lowest BCUT2D eigenvalue weighted by Crippen LogP contribution is -2.69. The number of nitrogens with zero attached hydrogens (tertiary/aromatic N) is 3. The van der Waals surface area contributed by atoms with Crippen LogP contribution in [0.25, 0.3) is 0 Å². The number of nitro groups is 1. The first-order valence-electron chi connectivity index (χ1n) is 25.9. The Labute approximate surface area is 420 Å². The molecule has 0 aromatic heterocycles. The van der Waals surface area contributed by atoms with E-state index in [1.54, 1.807) is 41.9 Å². The number of aliphatic hydroxyl groups excluding tert-OH is 2. The molecule has 2 aliphatic carbocycles. The van der Waals surface area contributed by atoms with Gasteiger partial charge in [-0.1, -0.05) is 113 Å². The number of hydrogen-bond donors (Lipinski definition) is 2. The second-order valence-corrected chi connectivity index (χ2v) is 20.1. The van der Waals surface area contributed by atoms with Crippen LogP contribution in [-0.4, -0.2) is 89.5 Å². The van der Waals surface area contributed by atoms with E-state index in [2.05, 4.69) is 37.8 Å². The van der Waals surface area contributed by atoms with Gasteiger partial charge in [0.1, 0.15) is 24.1 Å². The van der Waals surface area contributed by atoms with Gasteiger partial charge in [0.2, 0.25) is 5.79 Å². The number of ether oxygens (including phenoxy) is 4. The van der Waals surface area contributed by atoms with Gasteiger partial charge in [-0.15, -0.1) is 18.3 Å². The molecular formula is C56H77N3O10S. The molecule has 0 unspecified atom stereocenters. The van der Waals surface area contributed by atoms with E-state index in [4.69, 9.17) is 28.9 Å². The monoisotopic (exact) mass is 984 g/mol. The molecule has 382 valence electrons. The molecule has 1 aliphatic heterocycles. The summed E-state index contributed by atoms with van der Waals surface area (Å²) in [7, 11) is 1.74.